The van der Waals surface area contributed by atoms with E-state index in [-0.39, 0.29) is 30.6 Å². The predicted octanol–water partition coefficient (Wildman–Crippen LogP) is 0.776. The van der Waals surface area contributed by atoms with E-state index < -0.39 is 0 Å². The van der Waals surface area contributed by atoms with Gasteiger partial charge in [-0.05, 0) is 41.2 Å². The number of pyridine rings is 1. The summed E-state index contributed by atoms with van der Waals surface area (Å²) in [6, 6.07) is 1.46. The van der Waals surface area contributed by atoms with Crippen LogP contribution in [-0.2, 0) is 0 Å². The standard InChI is InChI=1S/C21H32N4O3/c1-15-12-25(16(2)14-26)21(27)18-10-17(8-7-9-23(3)4)11-22-20(18)28-19(15)13-24(5)6/h10-11,15-16,19,26H,9,12-14H2,1-6H3/t15-,16-,19+/m1/s1. The average Bonchev–Trinajstić information content (AvgIpc) is 2.63. The highest BCUT2D eigenvalue weighted by Gasteiger charge is 2.33. The highest BCUT2D eigenvalue weighted by molar-refractivity contribution is 5.97. The van der Waals surface area contributed by atoms with Crippen molar-refractivity contribution < 1.29 is 14.6 Å². The van der Waals surface area contributed by atoms with Crippen LogP contribution in [0.25, 0.3) is 0 Å². The van der Waals surface area contributed by atoms with E-state index in [4.69, 9.17) is 4.74 Å². The lowest BCUT2D eigenvalue weighted by Gasteiger charge is -2.37. The van der Waals surface area contributed by atoms with E-state index in [2.05, 4.69) is 28.6 Å². The summed E-state index contributed by atoms with van der Waals surface area (Å²) in [5.74, 6) is 6.35. The first-order valence-corrected chi connectivity index (χ1v) is 9.59. The molecule has 1 aliphatic rings. The van der Waals surface area contributed by atoms with E-state index >= 15 is 0 Å². The normalized spacial score (nSPS) is 20.8. The van der Waals surface area contributed by atoms with Crippen molar-refractivity contribution in [1.29, 1.82) is 0 Å². The minimum Gasteiger partial charge on any atom is -0.472 e. The maximum atomic E-state index is 13.2. The minimum absolute atomic E-state index is 0.0925. The summed E-state index contributed by atoms with van der Waals surface area (Å²) in [6.45, 7) is 5.66. The number of hydrogen-bond acceptors (Lipinski definition) is 6. The Morgan fingerprint density at radius 2 is 2.07 bits per heavy atom. The molecular weight excluding hydrogens is 356 g/mol. The Balaban J connectivity index is 2.45. The van der Waals surface area contributed by atoms with Gasteiger partial charge in [-0.1, -0.05) is 18.8 Å². The largest absolute Gasteiger partial charge is 0.472 e. The van der Waals surface area contributed by atoms with Gasteiger partial charge in [0.2, 0.25) is 5.88 Å². The van der Waals surface area contributed by atoms with Gasteiger partial charge in [0, 0.05) is 30.8 Å². The molecule has 1 aromatic rings. The van der Waals surface area contributed by atoms with Gasteiger partial charge >= 0.3 is 0 Å². The summed E-state index contributed by atoms with van der Waals surface area (Å²) < 4.78 is 6.17. The summed E-state index contributed by atoms with van der Waals surface area (Å²) in [5, 5.41) is 9.66. The summed E-state index contributed by atoms with van der Waals surface area (Å²) in [5.41, 5.74) is 1.07. The average molecular weight is 389 g/mol. The third-order valence-electron chi connectivity index (χ3n) is 4.69. The van der Waals surface area contributed by atoms with Gasteiger partial charge in [-0.3, -0.25) is 9.69 Å². The van der Waals surface area contributed by atoms with Crippen LogP contribution in [0.3, 0.4) is 0 Å². The fraction of sp³-hybridized carbons (Fsp3) is 0.619. The molecule has 2 heterocycles. The van der Waals surface area contributed by atoms with Gasteiger partial charge < -0.3 is 19.6 Å². The van der Waals surface area contributed by atoms with Crippen LogP contribution in [0.15, 0.2) is 12.3 Å². The molecule has 0 aliphatic carbocycles. The fourth-order valence-corrected chi connectivity index (χ4v) is 3.05. The van der Waals surface area contributed by atoms with Gasteiger partial charge in [0.05, 0.1) is 19.2 Å². The molecular formula is C21H32N4O3. The Hall–Kier alpha value is -2.14. The molecule has 0 bridgehead atoms. The number of rotatable bonds is 5. The number of aromatic nitrogens is 1. The number of fused-ring (bicyclic) bond motifs is 1. The van der Waals surface area contributed by atoms with Gasteiger partial charge in [-0.2, -0.15) is 0 Å². The maximum absolute atomic E-state index is 13.2. The number of aliphatic hydroxyl groups is 1. The molecule has 0 aromatic carbocycles. The lowest BCUT2D eigenvalue weighted by atomic mass is 10.00. The molecule has 1 aliphatic heterocycles. The van der Waals surface area contributed by atoms with Crippen LogP contribution in [0.1, 0.15) is 29.8 Å². The summed E-state index contributed by atoms with van der Waals surface area (Å²) in [7, 11) is 7.88. The van der Waals surface area contributed by atoms with Gasteiger partial charge in [0.15, 0.2) is 0 Å². The molecule has 1 amide bonds. The van der Waals surface area contributed by atoms with Crippen LogP contribution in [0, 0.1) is 17.8 Å². The Labute approximate surface area is 168 Å². The summed E-state index contributed by atoms with van der Waals surface area (Å²) in [4.78, 5) is 23.4. The second-order valence-electron chi connectivity index (χ2n) is 8.00. The first kappa shape index (κ1) is 22.2. The van der Waals surface area contributed by atoms with Gasteiger partial charge in [-0.15, -0.1) is 0 Å². The van der Waals surface area contributed by atoms with E-state index in [1.54, 1.807) is 17.2 Å². The molecule has 28 heavy (non-hydrogen) atoms. The van der Waals surface area contributed by atoms with Crippen molar-refractivity contribution in [3.8, 4) is 17.7 Å². The Morgan fingerprint density at radius 3 is 2.68 bits per heavy atom. The zero-order valence-corrected chi connectivity index (χ0v) is 17.8. The lowest BCUT2D eigenvalue weighted by Crippen LogP contribution is -2.49. The number of aliphatic hydroxyl groups excluding tert-OH is 1. The number of likely N-dealkylation sites (N-methyl/N-ethyl adjacent to an activating group) is 1. The zero-order valence-electron chi connectivity index (χ0n) is 17.8. The highest BCUT2D eigenvalue weighted by atomic mass is 16.5. The third-order valence-corrected chi connectivity index (χ3v) is 4.69. The lowest BCUT2D eigenvalue weighted by molar-refractivity contribution is 0.0348. The van der Waals surface area contributed by atoms with E-state index in [0.717, 1.165) is 0 Å². The summed E-state index contributed by atoms with van der Waals surface area (Å²) >= 11 is 0. The second kappa shape index (κ2) is 9.87. The second-order valence-corrected chi connectivity index (χ2v) is 8.00. The van der Waals surface area contributed by atoms with Crippen molar-refractivity contribution in [2.24, 2.45) is 5.92 Å². The van der Waals surface area contributed by atoms with Crippen LogP contribution in [0.2, 0.25) is 0 Å². The molecule has 0 saturated heterocycles. The molecule has 154 valence electrons. The molecule has 0 unspecified atom stereocenters. The van der Waals surface area contributed by atoms with Crippen LogP contribution in [0.4, 0.5) is 0 Å². The van der Waals surface area contributed by atoms with E-state index in [1.165, 1.54) is 0 Å². The third kappa shape index (κ3) is 5.68. The molecule has 0 fully saturated rings. The molecule has 7 nitrogen and oxygen atoms in total. The van der Waals surface area contributed by atoms with Crippen molar-refractivity contribution >= 4 is 5.91 Å². The number of ether oxygens (including phenoxy) is 1. The molecule has 7 heteroatoms. The zero-order chi connectivity index (χ0) is 20.8. The van der Waals surface area contributed by atoms with Crippen LogP contribution in [0.5, 0.6) is 5.88 Å². The van der Waals surface area contributed by atoms with E-state index in [9.17, 15) is 9.90 Å². The van der Waals surface area contributed by atoms with E-state index in [1.807, 2.05) is 40.0 Å². The SMILES string of the molecule is C[C@@H]1CN([C@H](C)CO)C(=O)c2cc(C#CCN(C)C)cnc2O[C@H]1CN(C)C. The van der Waals surface area contributed by atoms with Gasteiger partial charge in [0.25, 0.3) is 5.91 Å². The van der Waals surface area contributed by atoms with Crippen LogP contribution in [-0.4, -0.2) is 97.3 Å². The van der Waals surface area contributed by atoms with Gasteiger partial charge in [-0.25, -0.2) is 4.98 Å². The van der Waals surface area contributed by atoms with Crippen LogP contribution < -0.4 is 4.74 Å². The maximum Gasteiger partial charge on any atom is 0.259 e. The van der Waals surface area contributed by atoms with Crippen molar-refractivity contribution in [2.75, 3.05) is 54.4 Å². The molecule has 1 N–H and O–H groups in total. The topological polar surface area (TPSA) is 69.1 Å². The number of nitrogens with zero attached hydrogens (tertiary/aromatic N) is 4. The first-order valence-electron chi connectivity index (χ1n) is 9.59. The molecule has 1 aromatic heterocycles. The van der Waals surface area contributed by atoms with Crippen molar-refractivity contribution in [3.05, 3.63) is 23.4 Å². The number of hydrogen-bond donors (Lipinski definition) is 1. The monoisotopic (exact) mass is 388 g/mol. The van der Waals surface area contributed by atoms with Crippen molar-refractivity contribution in [3.63, 3.8) is 0 Å². The van der Waals surface area contributed by atoms with Crippen LogP contribution >= 0.6 is 0 Å². The Bertz CT molecular complexity index is 739. The molecule has 3 atom stereocenters. The Morgan fingerprint density at radius 1 is 1.36 bits per heavy atom. The minimum atomic E-state index is -0.288. The molecule has 0 saturated carbocycles. The molecule has 0 spiro atoms. The Kier molecular flexibility index (Phi) is 7.81. The first-order chi connectivity index (χ1) is 13.2. The quantitative estimate of drug-likeness (QED) is 0.752. The number of carbonyl (C=O) groups is 1. The van der Waals surface area contributed by atoms with Gasteiger partial charge in [0.1, 0.15) is 11.7 Å². The summed E-state index contributed by atoms with van der Waals surface area (Å²) in [6.07, 6.45) is 1.53. The van der Waals surface area contributed by atoms with E-state index in [0.29, 0.717) is 36.6 Å². The number of carbonyl (C=O) groups excluding carboxylic acids is 1. The molecule has 0 radical (unpaired) electrons. The smallest absolute Gasteiger partial charge is 0.259 e. The van der Waals surface area contributed by atoms with Crippen molar-refractivity contribution in [2.45, 2.75) is 26.0 Å². The molecule has 2 rings (SSSR count). The predicted molar refractivity (Wildman–Crippen MR) is 109 cm³/mol. The fourth-order valence-electron chi connectivity index (χ4n) is 3.05. The highest BCUT2D eigenvalue weighted by Crippen LogP contribution is 2.27. The van der Waals surface area contributed by atoms with Crippen molar-refractivity contribution in [1.82, 2.24) is 19.7 Å². The number of amides is 1.